The first-order valence-corrected chi connectivity index (χ1v) is 33.9. The van der Waals surface area contributed by atoms with Crippen LogP contribution in [0.25, 0.3) is 0 Å². The third-order valence-electron chi connectivity index (χ3n) is 15.6. The van der Waals surface area contributed by atoms with Crippen molar-refractivity contribution in [1.82, 2.24) is 5.32 Å². The van der Waals surface area contributed by atoms with Gasteiger partial charge in [0.1, 0.15) is 0 Å². The molecule has 0 aliphatic rings. The van der Waals surface area contributed by atoms with Crippen LogP contribution in [0.4, 0.5) is 0 Å². The van der Waals surface area contributed by atoms with Gasteiger partial charge in [0.25, 0.3) is 0 Å². The minimum Gasteiger partial charge on any atom is -0.466 e. The molecule has 0 radical (unpaired) electrons. The summed E-state index contributed by atoms with van der Waals surface area (Å²) in [4.78, 5) is 24.6. The Hall–Kier alpha value is -2.18. The van der Waals surface area contributed by atoms with E-state index >= 15 is 0 Å². The lowest BCUT2D eigenvalue weighted by Crippen LogP contribution is -2.45. The van der Waals surface area contributed by atoms with Crippen molar-refractivity contribution in [3.63, 3.8) is 0 Å². The van der Waals surface area contributed by atoms with Gasteiger partial charge in [-0.2, -0.15) is 0 Å². The van der Waals surface area contributed by atoms with E-state index in [0.717, 1.165) is 51.4 Å². The third-order valence-corrected chi connectivity index (χ3v) is 15.6. The highest BCUT2D eigenvalue weighted by molar-refractivity contribution is 5.76. The highest BCUT2D eigenvalue weighted by Crippen LogP contribution is 2.17. The minimum absolute atomic E-state index is 0.0109. The number of esters is 1. The van der Waals surface area contributed by atoms with Gasteiger partial charge in [0.05, 0.1) is 25.4 Å². The molecule has 2 atom stereocenters. The fourth-order valence-electron chi connectivity index (χ4n) is 10.4. The van der Waals surface area contributed by atoms with Crippen molar-refractivity contribution in [2.24, 2.45) is 0 Å². The van der Waals surface area contributed by atoms with Gasteiger partial charge in [-0.05, 0) is 89.9 Å². The fraction of sp³-hybridized carbons (Fsp3) is 0.857. The molecule has 0 aromatic carbocycles. The van der Waals surface area contributed by atoms with Crippen LogP contribution in [-0.4, -0.2) is 47.4 Å². The van der Waals surface area contributed by atoms with Crippen LogP contribution in [0.5, 0.6) is 0 Å². The number of aliphatic hydroxyl groups excluding tert-OH is 2. The topological polar surface area (TPSA) is 95.9 Å². The van der Waals surface area contributed by atoms with E-state index in [4.69, 9.17) is 4.74 Å². The molecule has 0 saturated carbocycles. The third kappa shape index (κ3) is 61.0. The molecule has 1 amide bonds. The van der Waals surface area contributed by atoms with E-state index in [-0.39, 0.29) is 18.5 Å². The normalized spacial score (nSPS) is 12.8. The van der Waals surface area contributed by atoms with Crippen molar-refractivity contribution < 1.29 is 24.5 Å². The Kier molecular flexibility index (Phi) is 63.5. The molecule has 0 spiro atoms. The zero-order valence-corrected chi connectivity index (χ0v) is 51.0. The first kappa shape index (κ1) is 73.8. The second-order valence-corrected chi connectivity index (χ2v) is 23.1. The Labute approximate surface area is 474 Å². The Bertz CT molecular complexity index is 1270. The van der Waals surface area contributed by atoms with Crippen LogP contribution in [0, 0.1) is 0 Å². The smallest absolute Gasteiger partial charge is 0.305 e. The van der Waals surface area contributed by atoms with Gasteiger partial charge in [-0.15, -0.1) is 0 Å². The zero-order chi connectivity index (χ0) is 55.0. The molecule has 0 aromatic heterocycles. The number of hydrogen-bond donors (Lipinski definition) is 3. The van der Waals surface area contributed by atoms with E-state index in [9.17, 15) is 19.8 Å². The first-order chi connectivity index (χ1) is 37.5. The minimum atomic E-state index is -0.845. The van der Waals surface area contributed by atoms with Gasteiger partial charge in [-0.3, -0.25) is 9.59 Å². The molecule has 0 aromatic rings. The molecule has 2 unspecified atom stereocenters. The van der Waals surface area contributed by atoms with Crippen LogP contribution < -0.4 is 5.32 Å². The molecular weight excluding hydrogens is 935 g/mol. The van der Waals surface area contributed by atoms with Crippen LogP contribution in [0.1, 0.15) is 361 Å². The monoisotopic (exact) mass is 1070 g/mol. The Balaban J connectivity index is 3.38. The van der Waals surface area contributed by atoms with Crippen LogP contribution >= 0.6 is 0 Å². The van der Waals surface area contributed by atoms with Gasteiger partial charge in [-0.1, -0.05) is 306 Å². The van der Waals surface area contributed by atoms with Crippen molar-refractivity contribution in [3.05, 3.63) is 48.6 Å². The van der Waals surface area contributed by atoms with Crippen molar-refractivity contribution >= 4 is 11.9 Å². The number of rotatable bonds is 63. The summed E-state index contributed by atoms with van der Waals surface area (Å²) in [6.45, 7) is 4.89. The molecule has 0 heterocycles. The van der Waals surface area contributed by atoms with E-state index in [0.29, 0.717) is 19.4 Å². The second-order valence-electron chi connectivity index (χ2n) is 23.1. The van der Waals surface area contributed by atoms with Gasteiger partial charge in [0, 0.05) is 12.8 Å². The standard InChI is InChI=1S/C70H131NO5/c1-3-5-7-9-11-13-15-17-18-19-29-33-36-40-44-48-52-56-60-64-70(75)76-65-61-57-53-49-45-41-37-34-31-28-26-24-22-20-21-23-25-27-30-32-35-39-43-47-51-55-59-63-69(74)71-67(66-72)68(73)62-58-54-50-46-42-38-16-14-12-10-8-6-4-2/h11,13,17-18,20-21,58,62,67-68,72-73H,3-10,12,14-16,19,22-57,59-61,63-66H2,1-2H3,(H,71,74)/b13-11-,18-17-,21-20-,62-58+. The maximum absolute atomic E-state index is 12.5. The summed E-state index contributed by atoms with van der Waals surface area (Å²) in [7, 11) is 0. The van der Waals surface area contributed by atoms with Crippen molar-refractivity contribution in [2.45, 2.75) is 373 Å². The van der Waals surface area contributed by atoms with Gasteiger partial charge >= 0.3 is 5.97 Å². The molecule has 446 valence electrons. The maximum Gasteiger partial charge on any atom is 0.305 e. The number of allylic oxidation sites excluding steroid dienone is 7. The van der Waals surface area contributed by atoms with Crippen molar-refractivity contribution in [3.8, 4) is 0 Å². The number of carbonyl (C=O) groups excluding carboxylic acids is 2. The van der Waals surface area contributed by atoms with Crippen LogP contribution in [0.3, 0.4) is 0 Å². The van der Waals surface area contributed by atoms with Gasteiger partial charge in [0.15, 0.2) is 0 Å². The lowest BCUT2D eigenvalue weighted by molar-refractivity contribution is -0.143. The van der Waals surface area contributed by atoms with Crippen molar-refractivity contribution in [1.29, 1.82) is 0 Å². The molecule has 76 heavy (non-hydrogen) atoms. The predicted octanol–water partition coefficient (Wildman–Crippen LogP) is 21.7. The van der Waals surface area contributed by atoms with Gasteiger partial charge in [-0.25, -0.2) is 0 Å². The SMILES string of the molecule is CCCCC/C=C\C/C=C\CCCCCCCCCCCC(=O)OCCCCCCCCCCCCCC/C=C\CCCCCCCCCCCCCC(=O)NC(CO)C(O)/C=C/CCCCCCCCCCCCC. The molecule has 6 nitrogen and oxygen atoms in total. The number of ether oxygens (including phenoxy) is 1. The van der Waals surface area contributed by atoms with E-state index in [1.165, 1.54) is 283 Å². The molecule has 0 rings (SSSR count). The number of hydrogen-bond acceptors (Lipinski definition) is 5. The van der Waals surface area contributed by atoms with Crippen LogP contribution in [0.2, 0.25) is 0 Å². The lowest BCUT2D eigenvalue weighted by Gasteiger charge is -2.20. The summed E-state index contributed by atoms with van der Waals surface area (Å²) >= 11 is 0. The molecule has 0 fully saturated rings. The summed E-state index contributed by atoms with van der Waals surface area (Å²) in [6.07, 6.45) is 84.6. The first-order valence-electron chi connectivity index (χ1n) is 33.9. The average molecular weight is 1070 g/mol. The number of carbonyl (C=O) groups is 2. The van der Waals surface area contributed by atoms with E-state index in [2.05, 4.69) is 55.6 Å². The zero-order valence-electron chi connectivity index (χ0n) is 51.0. The van der Waals surface area contributed by atoms with Crippen molar-refractivity contribution in [2.75, 3.05) is 13.2 Å². The molecule has 3 N–H and O–H groups in total. The molecule has 6 heteroatoms. The molecule has 0 saturated heterocycles. The second kappa shape index (κ2) is 65.3. The van der Waals surface area contributed by atoms with Gasteiger partial charge < -0.3 is 20.3 Å². The van der Waals surface area contributed by atoms with E-state index in [1.807, 2.05) is 6.08 Å². The highest BCUT2D eigenvalue weighted by atomic mass is 16.5. The average Bonchev–Trinajstić information content (AvgIpc) is 3.42. The Morgan fingerprint density at radius 3 is 1.04 bits per heavy atom. The Morgan fingerprint density at radius 1 is 0.368 bits per heavy atom. The summed E-state index contributed by atoms with van der Waals surface area (Å²) in [5, 5.41) is 23.1. The van der Waals surface area contributed by atoms with Crippen LogP contribution in [-0.2, 0) is 14.3 Å². The van der Waals surface area contributed by atoms with Crippen LogP contribution in [0.15, 0.2) is 48.6 Å². The molecule has 0 bridgehead atoms. The number of nitrogens with one attached hydrogen (secondary N) is 1. The summed E-state index contributed by atoms with van der Waals surface area (Å²) in [6, 6.07) is -0.628. The fourth-order valence-corrected chi connectivity index (χ4v) is 10.4. The molecular formula is C70H131NO5. The molecule has 0 aliphatic carbocycles. The number of unbranched alkanes of at least 4 members (excludes halogenated alkanes) is 46. The number of aliphatic hydroxyl groups is 2. The lowest BCUT2D eigenvalue weighted by atomic mass is 10.0. The summed E-state index contributed by atoms with van der Waals surface area (Å²) in [5.41, 5.74) is 0. The highest BCUT2D eigenvalue weighted by Gasteiger charge is 2.18. The predicted molar refractivity (Wildman–Crippen MR) is 333 cm³/mol. The summed E-state index contributed by atoms with van der Waals surface area (Å²) in [5.74, 6) is -0.0575. The summed E-state index contributed by atoms with van der Waals surface area (Å²) < 4.78 is 5.50. The largest absolute Gasteiger partial charge is 0.466 e. The van der Waals surface area contributed by atoms with E-state index < -0.39 is 12.1 Å². The Morgan fingerprint density at radius 2 is 0.658 bits per heavy atom. The van der Waals surface area contributed by atoms with E-state index in [1.54, 1.807) is 6.08 Å². The number of amides is 1. The van der Waals surface area contributed by atoms with Gasteiger partial charge in [0.2, 0.25) is 5.91 Å². The molecule has 0 aliphatic heterocycles. The maximum atomic E-state index is 12.5. The quantitative estimate of drug-likeness (QED) is 0.0320.